The molecule has 1 aromatic heterocycles. The number of aliphatic hydroxyl groups is 2. The number of rotatable bonds is 4. The van der Waals surface area contributed by atoms with Gasteiger partial charge in [-0.3, -0.25) is 5.10 Å². The van der Waals surface area contributed by atoms with Crippen LogP contribution >= 0.6 is 15.9 Å². The van der Waals surface area contributed by atoms with Crippen LogP contribution in [0.2, 0.25) is 0 Å². The number of fused-ring (bicyclic) bond motifs is 2. The number of allylic oxidation sites excluding steroid dienone is 1. The fraction of sp³-hybridized carbons (Fsp3) is 0.308. The molecule has 0 bridgehead atoms. The Morgan fingerprint density at radius 1 is 1.16 bits per heavy atom. The second-order valence-electron chi connectivity index (χ2n) is 7.73. The lowest BCUT2D eigenvalue weighted by Gasteiger charge is -2.25. The minimum Gasteiger partial charge on any atom is -0.503 e. The fourth-order valence-electron chi connectivity index (χ4n) is 3.88. The molecule has 0 fully saturated rings. The molecule has 2 aliphatic rings. The van der Waals surface area contributed by atoms with E-state index in [1.807, 2.05) is 25.1 Å². The van der Waals surface area contributed by atoms with Crippen LogP contribution in [0.25, 0.3) is 11.3 Å². The molecule has 12 heteroatoms. The van der Waals surface area contributed by atoms with Crippen molar-refractivity contribution < 1.29 is 34.3 Å². The van der Waals surface area contributed by atoms with Crippen molar-refractivity contribution in [1.82, 2.24) is 10.2 Å². The number of benzene rings is 2. The standard InChI is InChI=1S/C22H17BrN4O5.2C2H6O/c1-2-29-16-7-11(5-13(23)20(16)28)17-12(8-24)21(25)32-22-18(17)19(26-27-22)10-3-4-14-15(6-10)31-9-30-14;2*1-2-3/h3-7,17,28H,2,9,25H2,1H3,(H,26,27);2*3H,2H2,1H3. The van der Waals surface area contributed by atoms with Crippen molar-refractivity contribution in [3.63, 3.8) is 0 Å². The minimum absolute atomic E-state index is 0.0264. The third-order valence-corrected chi connectivity index (χ3v) is 5.89. The molecular formula is C26H29BrN4O7. The van der Waals surface area contributed by atoms with Gasteiger partial charge >= 0.3 is 0 Å². The maximum absolute atomic E-state index is 10.4. The number of aromatic nitrogens is 2. The zero-order valence-electron chi connectivity index (χ0n) is 21.1. The van der Waals surface area contributed by atoms with E-state index >= 15 is 0 Å². The van der Waals surface area contributed by atoms with Crippen LogP contribution in [0.1, 0.15) is 37.8 Å². The van der Waals surface area contributed by atoms with Crippen LogP contribution in [0.5, 0.6) is 28.9 Å². The molecule has 5 rings (SSSR count). The zero-order valence-corrected chi connectivity index (χ0v) is 22.7. The fourth-order valence-corrected chi connectivity index (χ4v) is 4.34. The monoisotopic (exact) mass is 588 g/mol. The smallest absolute Gasteiger partial charge is 0.244 e. The summed E-state index contributed by atoms with van der Waals surface area (Å²) in [5, 5.41) is 42.7. The van der Waals surface area contributed by atoms with Gasteiger partial charge in [-0.05, 0) is 72.6 Å². The van der Waals surface area contributed by atoms with Gasteiger partial charge in [-0.15, -0.1) is 5.10 Å². The molecule has 3 aromatic rings. The van der Waals surface area contributed by atoms with E-state index in [1.165, 1.54) is 0 Å². The average Bonchev–Trinajstić information content (AvgIpc) is 3.53. The number of hydrogen-bond acceptors (Lipinski definition) is 10. The number of nitrogens with one attached hydrogen (secondary N) is 1. The summed E-state index contributed by atoms with van der Waals surface area (Å²) in [6.07, 6.45) is 0. The number of nitrogens with two attached hydrogens (primary N) is 1. The summed E-state index contributed by atoms with van der Waals surface area (Å²) >= 11 is 3.37. The molecule has 6 N–H and O–H groups in total. The SMILES string of the molecule is CCO.CCO.CCOc1cc(C2C(C#N)=C(N)Oc3n[nH]c(-c4ccc5c(c4)OCO5)c32)cc(Br)c1O. The Hall–Kier alpha value is -3.92. The Labute approximate surface area is 228 Å². The molecular weight excluding hydrogens is 560 g/mol. The summed E-state index contributed by atoms with van der Waals surface area (Å²) in [6, 6.07) is 11.1. The summed E-state index contributed by atoms with van der Waals surface area (Å²) in [5.41, 5.74) is 9.02. The Balaban J connectivity index is 0.000000611. The van der Waals surface area contributed by atoms with Gasteiger partial charge in [-0.25, -0.2) is 0 Å². The van der Waals surface area contributed by atoms with E-state index < -0.39 is 5.92 Å². The first kappa shape index (κ1) is 28.6. The number of aromatic hydroxyl groups is 1. The van der Waals surface area contributed by atoms with E-state index in [0.29, 0.717) is 39.4 Å². The van der Waals surface area contributed by atoms with Crippen LogP contribution in [0.4, 0.5) is 0 Å². The van der Waals surface area contributed by atoms with E-state index in [-0.39, 0.29) is 48.8 Å². The highest BCUT2D eigenvalue weighted by molar-refractivity contribution is 9.10. The number of halogens is 1. The van der Waals surface area contributed by atoms with Gasteiger partial charge in [0.2, 0.25) is 18.6 Å². The van der Waals surface area contributed by atoms with E-state index in [4.69, 9.17) is 34.9 Å². The highest BCUT2D eigenvalue weighted by Crippen LogP contribution is 2.49. The Morgan fingerprint density at radius 3 is 2.50 bits per heavy atom. The van der Waals surface area contributed by atoms with Crippen LogP contribution in [0, 0.1) is 11.3 Å². The molecule has 2 aromatic carbocycles. The van der Waals surface area contributed by atoms with Crippen molar-refractivity contribution >= 4 is 15.9 Å². The summed E-state index contributed by atoms with van der Waals surface area (Å²) in [4.78, 5) is 0. The van der Waals surface area contributed by atoms with Crippen molar-refractivity contribution in [2.75, 3.05) is 26.6 Å². The number of H-pyrrole nitrogens is 1. The van der Waals surface area contributed by atoms with E-state index in [1.54, 1.807) is 26.0 Å². The van der Waals surface area contributed by atoms with Gasteiger partial charge < -0.3 is 40.0 Å². The van der Waals surface area contributed by atoms with Gasteiger partial charge in [0.1, 0.15) is 11.6 Å². The lowest BCUT2D eigenvalue weighted by molar-refractivity contribution is 0.174. The molecule has 0 saturated carbocycles. The molecule has 3 heterocycles. The van der Waals surface area contributed by atoms with Gasteiger partial charge in [0, 0.05) is 18.8 Å². The first-order chi connectivity index (χ1) is 18.3. The number of phenolic OH excluding ortho intramolecular Hbond substituents is 1. The third-order valence-electron chi connectivity index (χ3n) is 5.28. The molecule has 0 radical (unpaired) electrons. The van der Waals surface area contributed by atoms with E-state index in [9.17, 15) is 10.4 Å². The topological polar surface area (TPSA) is 176 Å². The predicted octanol–water partition coefficient (Wildman–Crippen LogP) is 3.89. The van der Waals surface area contributed by atoms with Crippen molar-refractivity contribution in [2.45, 2.75) is 26.7 Å². The molecule has 0 aliphatic carbocycles. The lowest BCUT2D eigenvalue weighted by atomic mass is 9.83. The Bertz CT molecular complexity index is 1350. The van der Waals surface area contributed by atoms with Crippen molar-refractivity contribution in [2.24, 2.45) is 5.73 Å². The molecule has 0 spiro atoms. The molecule has 202 valence electrons. The van der Waals surface area contributed by atoms with E-state index in [2.05, 4.69) is 32.2 Å². The lowest BCUT2D eigenvalue weighted by Crippen LogP contribution is -2.21. The number of ether oxygens (including phenoxy) is 4. The van der Waals surface area contributed by atoms with Gasteiger partial charge in [0.25, 0.3) is 0 Å². The van der Waals surface area contributed by atoms with Crippen LogP contribution in [-0.2, 0) is 0 Å². The van der Waals surface area contributed by atoms with Gasteiger partial charge in [-0.2, -0.15) is 5.26 Å². The molecule has 1 atom stereocenters. The maximum Gasteiger partial charge on any atom is 0.244 e. The minimum atomic E-state index is -0.612. The Morgan fingerprint density at radius 2 is 1.84 bits per heavy atom. The van der Waals surface area contributed by atoms with Crippen molar-refractivity contribution in [3.8, 4) is 46.2 Å². The van der Waals surface area contributed by atoms with Crippen LogP contribution in [0.3, 0.4) is 0 Å². The summed E-state index contributed by atoms with van der Waals surface area (Å²) in [7, 11) is 0. The summed E-state index contributed by atoms with van der Waals surface area (Å²) < 4.78 is 22.6. The number of aromatic amines is 1. The van der Waals surface area contributed by atoms with Gasteiger partial charge in [-0.1, -0.05) is 0 Å². The molecule has 38 heavy (non-hydrogen) atoms. The van der Waals surface area contributed by atoms with Crippen LogP contribution < -0.4 is 24.7 Å². The molecule has 11 nitrogen and oxygen atoms in total. The predicted molar refractivity (Wildman–Crippen MR) is 142 cm³/mol. The molecule has 0 saturated heterocycles. The maximum atomic E-state index is 10.4. The first-order valence-corrected chi connectivity index (χ1v) is 12.6. The number of aliphatic hydroxyl groups excluding tert-OH is 2. The van der Waals surface area contributed by atoms with Crippen LogP contribution in [-0.4, -0.2) is 52.1 Å². The highest BCUT2D eigenvalue weighted by atomic mass is 79.9. The second kappa shape index (κ2) is 13.0. The van der Waals surface area contributed by atoms with E-state index in [0.717, 1.165) is 5.56 Å². The highest BCUT2D eigenvalue weighted by Gasteiger charge is 2.36. The Kier molecular flexibility index (Phi) is 9.84. The quantitative estimate of drug-likeness (QED) is 0.300. The largest absolute Gasteiger partial charge is 0.503 e. The van der Waals surface area contributed by atoms with Crippen molar-refractivity contribution in [1.29, 1.82) is 5.26 Å². The average molecular weight is 589 g/mol. The molecule has 0 amide bonds. The number of nitriles is 1. The zero-order chi connectivity index (χ0) is 27.8. The second-order valence-corrected chi connectivity index (χ2v) is 8.58. The number of hydrogen-bond donors (Lipinski definition) is 5. The number of phenols is 1. The van der Waals surface area contributed by atoms with Crippen molar-refractivity contribution in [3.05, 3.63) is 57.4 Å². The number of nitrogens with zero attached hydrogens (tertiary/aromatic N) is 2. The van der Waals surface area contributed by atoms with Crippen LogP contribution in [0.15, 0.2) is 46.3 Å². The summed E-state index contributed by atoms with van der Waals surface area (Å²) in [5.74, 6) is 1.15. The first-order valence-electron chi connectivity index (χ1n) is 11.8. The summed E-state index contributed by atoms with van der Waals surface area (Å²) in [6.45, 7) is 6.20. The third kappa shape index (κ3) is 5.80. The molecule has 2 aliphatic heterocycles. The van der Waals surface area contributed by atoms with Gasteiger partial charge in [0.05, 0.1) is 28.3 Å². The molecule has 1 unspecified atom stereocenters. The van der Waals surface area contributed by atoms with Gasteiger partial charge in [0.15, 0.2) is 23.0 Å². The normalized spacial score (nSPS) is 14.7.